The number of hydrogen-bond donors (Lipinski definition) is 1. The van der Waals surface area contributed by atoms with Gasteiger partial charge >= 0.3 is 0 Å². The molecule has 0 bridgehead atoms. The Hall–Kier alpha value is -0.460. The standard InChI is InChI=1S/C9H16N2O2S2/c1-7(5-15(3,12)13)10-4-9-8(2)11-6-14-9/h6-7,10H,4-5H2,1-3H3. The lowest BCUT2D eigenvalue weighted by Crippen LogP contribution is -2.32. The highest BCUT2D eigenvalue weighted by atomic mass is 32.2. The minimum atomic E-state index is -2.90. The maximum absolute atomic E-state index is 11.0. The molecule has 0 spiro atoms. The Morgan fingerprint density at radius 1 is 1.60 bits per heavy atom. The molecule has 0 fully saturated rings. The fourth-order valence-corrected chi connectivity index (χ4v) is 3.03. The highest BCUT2D eigenvalue weighted by Crippen LogP contribution is 2.11. The van der Waals surface area contributed by atoms with Crippen molar-refractivity contribution in [2.45, 2.75) is 26.4 Å². The Morgan fingerprint density at radius 2 is 2.27 bits per heavy atom. The van der Waals surface area contributed by atoms with Gasteiger partial charge in [0.25, 0.3) is 0 Å². The van der Waals surface area contributed by atoms with E-state index in [0.717, 1.165) is 10.6 Å². The average molecular weight is 248 g/mol. The lowest BCUT2D eigenvalue weighted by Gasteiger charge is -2.11. The number of aromatic nitrogens is 1. The summed E-state index contributed by atoms with van der Waals surface area (Å²) in [6.45, 7) is 4.51. The molecule has 0 amide bonds. The summed E-state index contributed by atoms with van der Waals surface area (Å²) in [6.07, 6.45) is 1.25. The van der Waals surface area contributed by atoms with E-state index in [1.807, 2.05) is 13.8 Å². The van der Waals surface area contributed by atoms with Crippen LogP contribution < -0.4 is 5.32 Å². The van der Waals surface area contributed by atoms with Crippen molar-refractivity contribution in [3.63, 3.8) is 0 Å². The van der Waals surface area contributed by atoms with Crippen LogP contribution in [-0.4, -0.2) is 31.5 Å². The molecule has 0 aliphatic rings. The third-order valence-corrected chi connectivity index (χ3v) is 4.05. The molecule has 1 heterocycles. The van der Waals surface area contributed by atoms with Crippen molar-refractivity contribution in [1.29, 1.82) is 0 Å². The molecule has 1 aromatic rings. The van der Waals surface area contributed by atoms with Crippen LogP contribution in [0, 0.1) is 6.92 Å². The van der Waals surface area contributed by atoms with Crippen molar-refractivity contribution in [1.82, 2.24) is 10.3 Å². The number of nitrogens with zero attached hydrogens (tertiary/aromatic N) is 1. The smallest absolute Gasteiger partial charge is 0.148 e. The second-order valence-electron chi connectivity index (χ2n) is 3.74. The normalized spacial score (nSPS) is 14.1. The summed E-state index contributed by atoms with van der Waals surface area (Å²) in [5.74, 6) is 0.171. The summed E-state index contributed by atoms with van der Waals surface area (Å²) in [5.41, 5.74) is 2.81. The van der Waals surface area contributed by atoms with E-state index < -0.39 is 9.84 Å². The highest BCUT2D eigenvalue weighted by molar-refractivity contribution is 7.90. The third kappa shape index (κ3) is 4.72. The lowest BCUT2D eigenvalue weighted by atomic mass is 10.3. The first kappa shape index (κ1) is 12.6. The predicted molar refractivity (Wildman–Crippen MR) is 62.9 cm³/mol. The van der Waals surface area contributed by atoms with Gasteiger partial charge in [-0.05, 0) is 13.8 Å². The molecular formula is C9H16N2O2S2. The second kappa shape index (κ2) is 5.05. The van der Waals surface area contributed by atoms with Crippen molar-refractivity contribution < 1.29 is 8.42 Å². The van der Waals surface area contributed by atoms with E-state index in [0.29, 0.717) is 6.54 Å². The predicted octanol–water partition coefficient (Wildman–Crippen LogP) is 0.974. The summed E-state index contributed by atoms with van der Waals surface area (Å²) >= 11 is 1.59. The molecular weight excluding hydrogens is 232 g/mol. The van der Waals surface area contributed by atoms with Gasteiger partial charge in [-0.2, -0.15) is 0 Å². The van der Waals surface area contributed by atoms with Crippen LogP contribution in [0.3, 0.4) is 0 Å². The summed E-state index contributed by atoms with van der Waals surface area (Å²) in [7, 11) is -2.90. The van der Waals surface area contributed by atoms with Gasteiger partial charge in [-0.3, -0.25) is 0 Å². The SMILES string of the molecule is Cc1ncsc1CNC(C)CS(C)(=O)=O. The second-order valence-corrected chi connectivity index (χ2v) is 6.86. The average Bonchev–Trinajstić information content (AvgIpc) is 2.44. The van der Waals surface area contributed by atoms with Gasteiger partial charge in [0.1, 0.15) is 9.84 Å². The maximum Gasteiger partial charge on any atom is 0.148 e. The molecule has 6 heteroatoms. The van der Waals surface area contributed by atoms with Crippen molar-refractivity contribution >= 4 is 21.2 Å². The molecule has 1 aromatic heterocycles. The van der Waals surface area contributed by atoms with Crippen LogP contribution in [0.25, 0.3) is 0 Å². The zero-order valence-corrected chi connectivity index (χ0v) is 10.8. The third-order valence-electron chi connectivity index (χ3n) is 2.01. The van der Waals surface area contributed by atoms with Crippen molar-refractivity contribution in [2.24, 2.45) is 0 Å². The van der Waals surface area contributed by atoms with Gasteiger partial charge in [0.15, 0.2) is 0 Å². The fraction of sp³-hybridized carbons (Fsp3) is 0.667. The van der Waals surface area contributed by atoms with E-state index in [9.17, 15) is 8.42 Å². The van der Waals surface area contributed by atoms with E-state index >= 15 is 0 Å². The molecule has 1 unspecified atom stereocenters. The largest absolute Gasteiger partial charge is 0.308 e. The van der Waals surface area contributed by atoms with Crippen molar-refractivity contribution in [2.75, 3.05) is 12.0 Å². The number of hydrogen-bond acceptors (Lipinski definition) is 5. The Balaban J connectivity index is 2.41. The monoisotopic (exact) mass is 248 g/mol. The van der Waals surface area contributed by atoms with E-state index in [1.165, 1.54) is 6.26 Å². The summed E-state index contributed by atoms with van der Waals surface area (Å²) in [4.78, 5) is 5.29. The molecule has 15 heavy (non-hydrogen) atoms. The summed E-state index contributed by atoms with van der Waals surface area (Å²) in [5, 5.41) is 3.17. The van der Waals surface area contributed by atoms with Gasteiger partial charge in [-0.1, -0.05) is 0 Å². The molecule has 0 radical (unpaired) electrons. The molecule has 1 N–H and O–H groups in total. The number of aryl methyl sites for hydroxylation is 1. The van der Waals surface area contributed by atoms with E-state index in [1.54, 1.807) is 16.8 Å². The van der Waals surface area contributed by atoms with Gasteiger partial charge in [0, 0.05) is 23.7 Å². The van der Waals surface area contributed by atoms with Crippen LogP contribution >= 0.6 is 11.3 Å². The number of sulfone groups is 1. The van der Waals surface area contributed by atoms with Crippen LogP contribution in [0.5, 0.6) is 0 Å². The van der Waals surface area contributed by atoms with Gasteiger partial charge in [0.2, 0.25) is 0 Å². The molecule has 0 aliphatic carbocycles. The quantitative estimate of drug-likeness (QED) is 0.843. The summed E-state index contributed by atoms with van der Waals surface area (Å²) in [6, 6.07) is -0.0264. The molecule has 86 valence electrons. The topological polar surface area (TPSA) is 59.1 Å². The van der Waals surface area contributed by atoms with Crippen LogP contribution in [0.1, 0.15) is 17.5 Å². The fourth-order valence-electron chi connectivity index (χ4n) is 1.28. The number of rotatable bonds is 5. The molecule has 4 nitrogen and oxygen atoms in total. The first-order valence-electron chi connectivity index (χ1n) is 4.68. The summed E-state index contributed by atoms with van der Waals surface area (Å²) < 4.78 is 22.0. The molecule has 0 aromatic carbocycles. The van der Waals surface area contributed by atoms with Gasteiger partial charge in [0.05, 0.1) is 17.0 Å². The van der Waals surface area contributed by atoms with Crippen LogP contribution in [0.4, 0.5) is 0 Å². The highest BCUT2D eigenvalue weighted by Gasteiger charge is 2.10. The van der Waals surface area contributed by atoms with E-state index in [2.05, 4.69) is 10.3 Å². The number of nitrogens with one attached hydrogen (secondary N) is 1. The van der Waals surface area contributed by atoms with Crippen LogP contribution in [0.15, 0.2) is 5.51 Å². The van der Waals surface area contributed by atoms with Crippen molar-refractivity contribution in [3.05, 3.63) is 16.1 Å². The Labute approximate surface area is 94.7 Å². The molecule has 0 saturated carbocycles. The van der Waals surface area contributed by atoms with E-state index in [4.69, 9.17) is 0 Å². The molecule has 1 rings (SSSR count). The van der Waals surface area contributed by atoms with Gasteiger partial charge in [-0.25, -0.2) is 13.4 Å². The van der Waals surface area contributed by atoms with Gasteiger partial charge in [-0.15, -0.1) is 11.3 Å². The first-order chi connectivity index (χ1) is 6.88. The zero-order valence-electron chi connectivity index (χ0n) is 9.15. The Morgan fingerprint density at radius 3 is 2.73 bits per heavy atom. The minimum Gasteiger partial charge on any atom is -0.308 e. The molecule has 1 atom stereocenters. The Bertz CT molecular complexity index is 412. The zero-order chi connectivity index (χ0) is 11.5. The van der Waals surface area contributed by atoms with Gasteiger partial charge < -0.3 is 5.32 Å². The van der Waals surface area contributed by atoms with Crippen molar-refractivity contribution in [3.8, 4) is 0 Å². The van der Waals surface area contributed by atoms with Crippen LogP contribution in [-0.2, 0) is 16.4 Å². The minimum absolute atomic E-state index is 0.0264. The van der Waals surface area contributed by atoms with Crippen LogP contribution in [0.2, 0.25) is 0 Å². The lowest BCUT2D eigenvalue weighted by molar-refractivity contribution is 0.561. The van der Waals surface area contributed by atoms with E-state index in [-0.39, 0.29) is 11.8 Å². The number of thiazole rings is 1. The first-order valence-corrected chi connectivity index (χ1v) is 7.62. The maximum atomic E-state index is 11.0. The molecule has 0 saturated heterocycles. The Kier molecular flexibility index (Phi) is 4.24. The molecule has 0 aliphatic heterocycles.